The highest BCUT2D eigenvalue weighted by Crippen LogP contribution is 2.24. The quantitative estimate of drug-likeness (QED) is 0.878. The first kappa shape index (κ1) is 17.0. The maximum Gasteiger partial charge on any atom is 0.244 e. The van der Waals surface area contributed by atoms with Gasteiger partial charge >= 0.3 is 0 Å². The largest absolute Gasteiger partial charge is 0.341 e. The van der Waals surface area contributed by atoms with Gasteiger partial charge in [0.05, 0.1) is 0 Å². The van der Waals surface area contributed by atoms with Gasteiger partial charge in [-0.3, -0.25) is 9.69 Å². The fourth-order valence-corrected chi connectivity index (χ4v) is 3.05. The summed E-state index contributed by atoms with van der Waals surface area (Å²) in [6, 6.07) is 10.2. The number of piperidine rings is 1. The molecule has 2 rings (SSSR count). The Morgan fingerprint density at radius 3 is 2.55 bits per heavy atom. The van der Waals surface area contributed by atoms with Crippen molar-refractivity contribution in [1.29, 1.82) is 0 Å². The van der Waals surface area contributed by atoms with Gasteiger partial charge < -0.3 is 10.6 Å². The highest BCUT2D eigenvalue weighted by atomic mass is 16.2. The van der Waals surface area contributed by atoms with Crippen molar-refractivity contribution in [2.45, 2.75) is 44.7 Å². The molecule has 0 bridgehead atoms. The molecule has 1 amide bonds. The van der Waals surface area contributed by atoms with Crippen molar-refractivity contribution in [3.8, 4) is 0 Å². The van der Waals surface area contributed by atoms with Gasteiger partial charge in [-0.25, -0.2) is 0 Å². The summed E-state index contributed by atoms with van der Waals surface area (Å²) in [4.78, 5) is 17.2. The number of carbonyl (C=O) groups excluding carboxylic acids is 1. The van der Waals surface area contributed by atoms with Crippen molar-refractivity contribution in [3.63, 3.8) is 0 Å². The lowest BCUT2D eigenvalue weighted by molar-refractivity contribution is -0.138. The summed E-state index contributed by atoms with van der Waals surface area (Å²) in [6.45, 7) is 4.68. The normalized spacial score (nSPS) is 17.7. The molecule has 1 fully saturated rings. The number of rotatable bonds is 6. The van der Waals surface area contributed by atoms with Crippen LogP contribution in [0.4, 0.5) is 0 Å². The second kappa shape index (κ2) is 8.30. The minimum atomic E-state index is -0.179. The molecular weight excluding hydrogens is 274 g/mol. The molecule has 0 saturated carbocycles. The molecular formula is C18H29N3O. The van der Waals surface area contributed by atoms with E-state index in [-0.39, 0.29) is 18.0 Å². The topological polar surface area (TPSA) is 49.6 Å². The van der Waals surface area contributed by atoms with Gasteiger partial charge in [0, 0.05) is 19.1 Å². The minimum absolute atomic E-state index is 0.179. The number of likely N-dealkylation sites (N-methyl/N-ethyl adjacent to an activating group) is 1. The molecule has 1 aliphatic heterocycles. The van der Waals surface area contributed by atoms with E-state index in [9.17, 15) is 4.79 Å². The van der Waals surface area contributed by atoms with Crippen molar-refractivity contribution in [2.24, 2.45) is 5.73 Å². The zero-order valence-corrected chi connectivity index (χ0v) is 13.9. The standard InChI is InChI=1S/C18H29N3O/c1-3-4-12-20(2)17(15-8-6-5-7-9-15)18(22)21-13-10-16(19)11-14-21/h5-9,16-17H,3-4,10-14,19H2,1-2H3. The second-order valence-corrected chi connectivity index (χ2v) is 6.31. The Morgan fingerprint density at radius 1 is 1.32 bits per heavy atom. The Morgan fingerprint density at radius 2 is 1.95 bits per heavy atom. The Bertz CT molecular complexity index is 455. The molecule has 122 valence electrons. The molecule has 0 radical (unpaired) electrons. The first-order valence-electron chi connectivity index (χ1n) is 8.43. The predicted molar refractivity (Wildman–Crippen MR) is 90.5 cm³/mol. The van der Waals surface area contributed by atoms with Crippen molar-refractivity contribution in [3.05, 3.63) is 35.9 Å². The van der Waals surface area contributed by atoms with E-state index in [1.54, 1.807) is 0 Å². The molecule has 1 aliphatic rings. The fraction of sp³-hybridized carbons (Fsp3) is 0.611. The Kier molecular flexibility index (Phi) is 6.40. The van der Waals surface area contributed by atoms with Crippen LogP contribution in [0.3, 0.4) is 0 Å². The smallest absolute Gasteiger partial charge is 0.244 e. The number of carbonyl (C=O) groups is 1. The lowest BCUT2D eigenvalue weighted by atomic mass is 10.0. The van der Waals surface area contributed by atoms with Crippen LogP contribution in [0.5, 0.6) is 0 Å². The Balaban J connectivity index is 2.14. The van der Waals surface area contributed by atoms with Crippen LogP contribution in [0.2, 0.25) is 0 Å². The zero-order chi connectivity index (χ0) is 15.9. The van der Waals surface area contributed by atoms with Gasteiger partial charge in [0.25, 0.3) is 0 Å². The number of likely N-dealkylation sites (tertiary alicyclic amines) is 1. The lowest BCUT2D eigenvalue weighted by Gasteiger charge is -2.36. The van der Waals surface area contributed by atoms with E-state index in [2.05, 4.69) is 31.0 Å². The van der Waals surface area contributed by atoms with E-state index in [1.165, 1.54) is 0 Å². The molecule has 1 aromatic rings. The van der Waals surface area contributed by atoms with Crippen molar-refractivity contribution >= 4 is 5.91 Å². The molecule has 1 atom stereocenters. The summed E-state index contributed by atoms with van der Waals surface area (Å²) in [5.41, 5.74) is 7.05. The molecule has 1 unspecified atom stereocenters. The molecule has 1 saturated heterocycles. The van der Waals surface area contributed by atoms with Gasteiger partial charge in [0.1, 0.15) is 6.04 Å². The third kappa shape index (κ3) is 4.31. The zero-order valence-electron chi connectivity index (χ0n) is 13.9. The first-order valence-corrected chi connectivity index (χ1v) is 8.43. The minimum Gasteiger partial charge on any atom is -0.341 e. The predicted octanol–water partition coefficient (Wildman–Crippen LogP) is 2.41. The molecule has 4 nitrogen and oxygen atoms in total. The number of amides is 1. The van der Waals surface area contributed by atoms with Crippen LogP contribution in [-0.4, -0.2) is 48.4 Å². The van der Waals surface area contributed by atoms with Gasteiger partial charge in [0.15, 0.2) is 0 Å². The SMILES string of the molecule is CCCCN(C)C(C(=O)N1CCC(N)CC1)c1ccccc1. The molecule has 2 N–H and O–H groups in total. The van der Waals surface area contributed by atoms with Gasteiger partial charge in [-0.2, -0.15) is 0 Å². The first-order chi connectivity index (χ1) is 10.6. The number of nitrogens with zero attached hydrogens (tertiary/aromatic N) is 2. The molecule has 22 heavy (non-hydrogen) atoms. The van der Waals surface area contributed by atoms with Crippen molar-refractivity contribution < 1.29 is 4.79 Å². The number of nitrogens with two attached hydrogens (primary N) is 1. The molecule has 1 aromatic carbocycles. The van der Waals surface area contributed by atoms with Crippen molar-refractivity contribution in [1.82, 2.24) is 9.80 Å². The molecule has 4 heteroatoms. The average Bonchev–Trinajstić information content (AvgIpc) is 2.54. The summed E-state index contributed by atoms with van der Waals surface area (Å²) in [6.07, 6.45) is 4.06. The van der Waals surface area contributed by atoms with Crippen LogP contribution in [0.15, 0.2) is 30.3 Å². The van der Waals surface area contributed by atoms with E-state index < -0.39 is 0 Å². The highest BCUT2D eigenvalue weighted by molar-refractivity contribution is 5.83. The van der Waals surface area contributed by atoms with Gasteiger partial charge in [-0.15, -0.1) is 0 Å². The van der Waals surface area contributed by atoms with E-state index in [4.69, 9.17) is 5.73 Å². The summed E-state index contributed by atoms with van der Waals surface area (Å²) < 4.78 is 0. The average molecular weight is 303 g/mol. The summed E-state index contributed by atoms with van der Waals surface area (Å²) in [7, 11) is 2.06. The van der Waals surface area contributed by atoms with Gasteiger partial charge in [-0.1, -0.05) is 43.7 Å². The summed E-state index contributed by atoms with van der Waals surface area (Å²) in [5.74, 6) is 0.219. The van der Waals surface area contributed by atoms with E-state index >= 15 is 0 Å². The van der Waals surface area contributed by atoms with E-state index in [1.807, 2.05) is 23.1 Å². The van der Waals surface area contributed by atoms with Crippen LogP contribution in [0.1, 0.15) is 44.2 Å². The third-order valence-corrected chi connectivity index (χ3v) is 4.51. The maximum absolute atomic E-state index is 13.1. The summed E-state index contributed by atoms with van der Waals surface area (Å²) >= 11 is 0. The van der Waals surface area contributed by atoms with Crippen LogP contribution in [0, 0.1) is 0 Å². The summed E-state index contributed by atoms with van der Waals surface area (Å²) in [5, 5.41) is 0. The van der Waals surface area contributed by atoms with Crippen LogP contribution in [0.25, 0.3) is 0 Å². The second-order valence-electron chi connectivity index (χ2n) is 6.31. The van der Waals surface area contributed by atoms with E-state index in [0.29, 0.717) is 0 Å². The third-order valence-electron chi connectivity index (χ3n) is 4.51. The van der Waals surface area contributed by atoms with E-state index in [0.717, 1.165) is 50.9 Å². The molecule has 0 aliphatic carbocycles. The number of benzene rings is 1. The van der Waals surface area contributed by atoms with Gasteiger partial charge in [0.2, 0.25) is 5.91 Å². The lowest BCUT2D eigenvalue weighted by Crippen LogP contribution is -2.47. The Labute approximate surface area is 134 Å². The fourth-order valence-electron chi connectivity index (χ4n) is 3.05. The number of hydrogen-bond acceptors (Lipinski definition) is 3. The highest BCUT2D eigenvalue weighted by Gasteiger charge is 2.30. The molecule has 0 spiro atoms. The monoisotopic (exact) mass is 303 g/mol. The van der Waals surface area contributed by atoms with Crippen LogP contribution < -0.4 is 5.73 Å². The number of unbranched alkanes of at least 4 members (excludes halogenated alkanes) is 1. The molecule has 0 aromatic heterocycles. The Hall–Kier alpha value is -1.39. The van der Waals surface area contributed by atoms with Crippen LogP contribution in [-0.2, 0) is 4.79 Å². The maximum atomic E-state index is 13.1. The van der Waals surface area contributed by atoms with Crippen LogP contribution >= 0.6 is 0 Å². The van der Waals surface area contributed by atoms with Gasteiger partial charge in [-0.05, 0) is 38.4 Å². The van der Waals surface area contributed by atoms with Crippen molar-refractivity contribution in [2.75, 3.05) is 26.7 Å². The molecule has 1 heterocycles. The number of hydrogen-bond donors (Lipinski definition) is 1.